The van der Waals surface area contributed by atoms with Crippen molar-refractivity contribution in [1.29, 1.82) is 0 Å². The molecule has 2 bridgehead atoms. The summed E-state index contributed by atoms with van der Waals surface area (Å²) in [4.78, 5) is 14.6. The quantitative estimate of drug-likeness (QED) is 0.923. The Labute approximate surface area is 136 Å². The first-order chi connectivity index (χ1) is 11.2. The van der Waals surface area contributed by atoms with Gasteiger partial charge in [-0.2, -0.15) is 0 Å². The lowest BCUT2D eigenvalue weighted by Crippen LogP contribution is -2.41. The van der Waals surface area contributed by atoms with E-state index in [-0.39, 0.29) is 17.9 Å². The van der Waals surface area contributed by atoms with E-state index in [2.05, 4.69) is 53.5 Å². The second-order valence-corrected chi connectivity index (χ2v) is 6.72. The summed E-state index contributed by atoms with van der Waals surface area (Å²) < 4.78 is 5.61. The van der Waals surface area contributed by atoms with Crippen molar-refractivity contribution in [2.75, 3.05) is 26.3 Å². The van der Waals surface area contributed by atoms with Gasteiger partial charge in [0, 0.05) is 19.6 Å². The summed E-state index contributed by atoms with van der Waals surface area (Å²) in [5.41, 5.74) is 2.69. The van der Waals surface area contributed by atoms with Crippen LogP contribution in [0.1, 0.15) is 11.1 Å². The molecule has 2 aliphatic rings. The van der Waals surface area contributed by atoms with Crippen molar-refractivity contribution < 1.29 is 9.53 Å². The Morgan fingerprint density at radius 1 is 1.17 bits per heavy atom. The minimum absolute atomic E-state index is 0.0576. The first kappa shape index (κ1) is 14.7. The fraction of sp³-hybridized carbons (Fsp3) is 0.421. The molecule has 4 rings (SSSR count). The number of nitrogens with zero attached hydrogens (tertiary/aromatic N) is 1. The predicted octanol–water partition coefficient (Wildman–Crippen LogP) is 2.10. The molecule has 2 aromatic rings. The van der Waals surface area contributed by atoms with Crippen molar-refractivity contribution in [3.8, 4) is 0 Å². The fourth-order valence-corrected chi connectivity index (χ4v) is 3.73. The van der Waals surface area contributed by atoms with Gasteiger partial charge < -0.3 is 10.1 Å². The number of rotatable bonds is 2. The topological polar surface area (TPSA) is 41.6 Å². The molecular weight excluding hydrogens is 288 g/mol. The van der Waals surface area contributed by atoms with Crippen LogP contribution in [-0.2, 0) is 16.1 Å². The van der Waals surface area contributed by atoms with Crippen LogP contribution in [0.5, 0.6) is 0 Å². The molecule has 2 atom stereocenters. The lowest BCUT2D eigenvalue weighted by molar-refractivity contribution is -0.125. The summed E-state index contributed by atoms with van der Waals surface area (Å²) in [7, 11) is 0. The van der Waals surface area contributed by atoms with E-state index in [1.807, 2.05) is 0 Å². The van der Waals surface area contributed by atoms with Gasteiger partial charge in [-0.15, -0.1) is 0 Å². The lowest BCUT2D eigenvalue weighted by atomic mass is 9.98. The lowest BCUT2D eigenvalue weighted by Gasteiger charge is -2.28. The Bertz CT molecular complexity index is 743. The summed E-state index contributed by atoms with van der Waals surface area (Å²) in [6.07, 6.45) is 0. The molecule has 1 N–H and O–H groups in total. The Morgan fingerprint density at radius 3 is 2.96 bits per heavy atom. The average Bonchev–Trinajstić information content (AvgIpc) is 2.79. The van der Waals surface area contributed by atoms with Crippen molar-refractivity contribution >= 4 is 16.7 Å². The summed E-state index contributed by atoms with van der Waals surface area (Å²) >= 11 is 0. The van der Waals surface area contributed by atoms with E-state index >= 15 is 0 Å². The normalized spacial score (nSPS) is 25.2. The van der Waals surface area contributed by atoms with Gasteiger partial charge >= 0.3 is 0 Å². The van der Waals surface area contributed by atoms with Crippen LogP contribution < -0.4 is 5.32 Å². The standard InChI is InChI=1S/C19H22N2O2/c1-13-6-7-14-4-2-3-5-17(14)18(13)10-21-8-15-11-23-12-16(9-21)20-19(15)22/h2-7,15-16H,8-12H2,1H3,(H,20,22)/t15-,16+/m1/s1. The molecule has 120 valence electrons. The molecule has 4 nitrogen and oxygen atoms in total. The Hall–Kier alpha value is -1.91. The highest BCUT2D eigenvalue weighted by Gasteiger charge is 2.33. The van der Waals surface area contributed by atoms with Crippen LogP contribution in [0.3, 0.4) is 0 Å². The number of fused-ring (bicyclic) bond motifs is 4. The number of carbonyl (C=O) groups excluding carboxylic acids is 1. The molecular formula is C19H22N2O2. The number of hydrogen-bond donors (Lipinski definition) is 1. The number of carbonyl (C=O) groups is 1. The second kappa shape index (κ2) is 5.95. The maximum atomic E-state index is 12.2. The van der Waals surface area contributed by atoms with E-state index < -0.39 is 0 Å². The van der Waals surface area contributed by atoms with Gasteiger partial charge in [-0.05, 0) is 28.8 Å². The molecule has 2 saturated heterocycles. The molecule has 2 fully saturated rings. The highest BCUT2D eigenvalue weighted by molar-refractivity contribution is 5.86. The molecule has 23 heavy (non-hydrogen) atoms. The number of amides is 1. The molecule has 0 radical (unpaired) electrons. The van der Waals surface area contributed by atoms with E-state index in [0.29, 0.717) is 13.2 Å². The molecule has 2 aliphatic heterocycles. The first-order valence-corrected chi connectivity index (χ1v) is 8.28. The third kappa shape index (κ3) is 2.84. The fourth-order valence-electron chi connectivity index (χ4n) is 3.73. The van der Waals surface area contributed by atoms with Crippen molar-refractivity contribution in [3.05, 3.63) is 47.5 Å². The third-order valence-corrected chi connectivity index (χ3v) is 4.97. The summed E-state index contributed by atoms with van der Waals surface area (Å²) in [5, 5.41) is 5.70. The maximum absolute atomic E-state index is 12.2. The first-order valence-electron chi connectivity index (χ1n) is 8.28. The third-order valence-electron chi connectivity index (χ3n) is 4.97. The van der Waals surface area contributed by atoms with Crippen LogP contribution >= 0.6 is 0 Å². The van der Waals surface area contributed by atoms with Crippen molar-refractivity contribution in [3.63, 3.8) is 0 Å². The van der Waals surface area contributed by atoms with Crippen molar-refractivity contribution in [1.82, 2.24) is 10.2 Å². The molecule has 4 heteroatoms. The smallest absolute Gasteiger partial charge is 0.227 e. The maximum Gasteiger partial charge on any atom is 0.227 e. The van der Waals surface area contributed by atoms with Gasteiger partial charge in [-0.3, -0.25) is 9.69 Å². The van der Waals surface area contributed by atoms with Gasteiger partial charge in [0.05, 0.1) is 25.2 Å². The van der Waals surface area contributed by atoms with Crippen LogP contribution in [-0.4, -0.2) is 43.2 Å². The number of ether oxygens (including phenoxy) is 1. The van der Waals surface area contributed by atoms with Gasteiger partial charge in [0.25, 0.3) is 0 Å². The van der Waals surface area contributed by atoms with Crippen LogP contribution in [0.25, 0.3) is 10.8 Å². The molecule has 0 unspecified atom stereocenters. The number of aryl methyl sites for hydroxylation is 1. The van der Waals surface area contributed by atoms with Crippen LogP contribution in [0.4, 0.5) is 0 Å². The zero-order valence-corrected chi connectivity index (χ0v) is 13.4. The monoisotopic (exact) mass is 310 g/mol. The SMILES string of the molecule is Cc1ccc2ccccc2c1CN1C[C@H]2COC[C@@H](C1)C(=O)N2. The molecule has 0 saturated carbocycles. The van der Waals surface area contributed by atoms with Crippen LogP contribution in [0.15, 0.2) is 36.4 Å². The summed E-state index contributed by atoms with van der Waals surface area (Å²) in [6.45, 7) is 5.83. The Balaban J connectivity index is 1.66. The van der Waals surface area contributed by atoms with E-state index in [4.69, 9.17) is 4.74 Å². The second-order valence-electron chi connectivity index (χ2n) is 6.72. The Morgan fingerprint density at radius 2 is 2.04 bits per heavy atom. The molecule has 0 aliphatic carbocycles. The van der Waals surface area contributed by atoms with Gasteiger partial charge in [0.15, 0.2) is 0 Å². The van der Waals surface area contributed by atoms with E-state index in [0.717, 1.165) is 19.6 Å². The minimum atomic E-state index is -0.0576. The van der Waals surface area contributed by atoms with Gasteiger partial charge in [-0.25, -0.2) is 0 Å². The van der Waals surface area contributed by atoms with Gasteiger partial charge in [0.2, 0.25) is 5.91 Å². The van der Waals surface area contributed by atoms with Gasteiger partial charge in [0.1, 0.15) is 0 Å². The molecule has 2 heterocycles. The van der Waals surface area contributed by atoms with E-state index in [1.54, 1.807) is 0 Å². The van der Waals surface area contributed by atoms with Gasteiger partial charge in [-0.1, -0.05) is 36.4 Å². The van der Waals surface area contributed by atoms with Crippen molar-refractivity contribution in [2.24, 2.45) is 5.92 Å². The zero-order valence-electron chi connectivity index (χ0n) is 13.4. The number of hydrogen-bond acceptors (Lipinski definition) is 3. The van der Waals surface area contributed by atoms with E-state index in [9.17, 15) is 4.79 Å². The molecule has 2 aromatic carbocycles. The molecule has 0 spiro atoms. The Kier molecular flexibility index (Phi) is 3.79. The van der Waals surface area contributed by atoms with Crippen LogP contribution in [0.2, 0.25) is 0 Å². The zero-order chi connectivity index (χ0) is 15.8. The summed E-state index contributed by atoms with van der Waals surface area (Å²) in [5.74, 6) is 0.0856. The predicted molar refractivity (Wildman–Crippen MR) is 90.2 cm³/mol. The largest absolute Gasteiger partial charge is 0.378 e. The minimum Gasteiger partial charge on any atom is -0.378 e. The molecule has 0 aromatic heterocycles. The highest BCUT2D eigenvalue weighted by atomic mass is 16.5. The van der Waals surface area contributed by atoms with Crippen molar-refractivity contribution in [2.45, 2.75) is 19.5 Å². The summed E-state index contributed by atoms with van der Waals surface area (Å²) in [6, 6.07) is 13.0. The number of nitrogens with one attached hydrogen (secondary N) is 1. The average molecular weight is 310 g/mol. The molecule has 1 amide bonds. The van der Waals surface area contributed by atoms with E-state index in [1.165, 1.54) is 21.9 Å². The number of benzene rings is 2. The van der Waals surface area contributed by atoms with Crippen LogP contribution in [0, 0.1) is 12.8 Å². The highest BCUT2D eigenvalue weighted by Crippen LogP contribution is 2.25.